The molecule has 1 saturated heterocycles. The van der Waals surface area contributed by atoms with E-state index in [1.807, 2.05) is 24.3 Å². The number of hydrogen-bond donors (Lipinski definition) is 1. The maximum atomic E-state index is 13.9. The number of ether oxygens (including phenoxy) is 1. The lowest BCUT2D eigenvalue weighted by Gasteiger charge is -2.19. The third-order valence-corrected chi connectivity index (χ3v) is 4.52. The zero-order valence-corrected chi connectivity index (χ0v) is 13.9. The second-order valence-corrected chi connectivity index (χ2v) is 6.07. The molecule has 1 fully saturated rings. The number of benzene rings is 2. The normalized spacial score (nSPS) is 17.0. The van der Waals surface area contributed by atoms with Crippen LogP contribution in [0.4, 0.5) is 14.9 Å². The first-order valence-electron chi connectivity index (χ1n) is 8.03. The first-order valence-corrected chi connectivity index (χ1v) is 8.03. The quantitative estimate of drug-likeness (QED) is 0.919. The Labute approximate surface area is 141 Å². The number of para-hydroxylation sites is 1. The number of anilines is 1. The Morgan fingerprint density at radius 1 is 1.25 bits per heavy atom. The SMILES string of the molecule is COc1ccc(C2CCN(C(=O)Nc3c(C)cccc3F)C2)cc1. The highest BCUT2D eigenvalue weighted by atomic mass is 19.1. The lowest BCUT2D eigenvalue weighted by atomic mass is 9.98. The molecule has 5 heteroatoms. The van der Waals surface area contributed by atoms with Crippen LogP contribution in [0.3, 0.4) is 0 Å². The van der Waals surface area contributed by atoms with Crippen molar-refractivity contribution in [1.82, 2.24) is 4.90 Å². The summed E-state index contributed by atoms with van der Waals surface area (Å²) in [6.45, 7) is 3.07. The molecule has 0 bridgehead atoms. The predicted octanol–water partition coefficient (Wildman–Crippen LogP) is 4.16. The number of carbonyl (C=O) groups excluding carboxylic acids is 1. The van der Waals surface area contributed by atoms with Crippen molar-refractivity contribution in [3.8, 4) is 5.75 Å². The first-order chi connectivity index (χ1) is 11.6. The zero-order chi connectivity index (χ0) is 17.1. The van der Waals surface area contributed by atoms with Gasteiger partial charge in [-0.15, -0.1) is 0 Å². The number of amides is 2. The van der Waals surface area contributed by atoms with Crippen LogP contribution in [0.25, 0.3) is 0 Å². The van der Waals surface area contributed by atoms with Crippen molar-refractivity contribution in [1.29, 1.82) is 0 Å². The van der Waals surface area contributed by atoms with E-state index in [-0.39, 0.29) is 11.7 Å². The Hall–Kier alpha value is -2.56. The van der Waals surface area contributed by atoms with Crippen LogP contribution in [-0.2, 0) is 0 Å². The third-order valence-electron chi connectivity index (χ3n) is 4.52. The van der Waals surface area contributed by atoms with Crippen LogP contribution in [0.5, 0.6) is 5.75 Å². The number of aryl methyl sites for hydroxylation is 1. The van der Waals surface area contributed by atoms with E-state index in [4.69, 9.17) is 4.74 Å². The van der Waals surface area contributed by atoms with Crippen molar-refractivity contribution in [3.63, 3.8) is 0 Å². The Morgan fingerprint density at radius 3 is 2.67 bits per heavy atom. The number of halogens is 1. The van der Waals surface area contributed by atoms with Crippen LogP contribution in [0, 0.1) is 12.7 Å². The van der Waals surface area contributed by atoms with Crippen LogP contribution in [0.2, 0.25) is 0 Å². The molecule has 0 spiro atoms. The Bertz CT molecular complexity index is 710. The molecule has 0 radical (unpaired) electrons. The van der Waals surface area contributed by atoms with E-state index < -0.39 is 5.82 Å². The van der Waals surface area contributed by atoms with Gasteiger partial charge in [-0.1, -0.05) is 24.3 Å². The summed E-state index contributed by atoms with van der Waals surface area (Å²) in [6, 6.07) is 12.4. The van der Waals surface area contributed by atoms with E-state index in [0.717, 1.165) is 12.2 Å². The molecule has 1 aliphatic rings. The summed E-state index contributed by atoms with van der Waals surface area (Å²) in [5.74, 6) is 0.707. The summed E-state index contributed by atoms with van der Waals surface area (Å²) < 4.78 is 19.0. The minimum absolute atomic E-state index is 0.251. The number of methoxy groups -OCH3 is 1. The monoisotopic (exact) mass is 328 g/mol. The molecule has 1 unspecified atom stereocenters. The molecule has 2 aromatic carbocycles. The average molecular weight is 328 g/mol. The van der Waals surface area contributed by atoms with Crippen molar-refractivity contribution in [2.45, 2.75) is 19.3 Å². The molecule has 2 aromatic rings. The van der Waals surface area contributed by atoms with Crippen LogP contribution >= 0.6 is 0 Å². The van der Waals surface area contributed by atoms with E-state index in [0.29, 0.717) is 24.6 Å². The van der Waals surface area contributed by atoms with E-state index >= 15 is 0 Å². The molecule has 0 aliphatic carbocycles. The van der Waals surface area contributed by atoms with Gasteiger partial charge in [0, 0.05) is 19.0 Å². The van der Waals surface area contributed by atoms with Gasteiger partial charge >= 0.3 is 6.03 Å². The van der Waals surface area contributed by atoms with Gasteiger partial charge in [-0.3, -0.25) is 0 Å². The second kappa shape index (κ2) is 6.91. The number of likely N-dealkylation sites (tertiary alicyclic amines) is 1. The summed E-state index contributed by atoms with van der Waals surface area (Å²) >= 11 is 0. The van der Waals surface area contributed by atoms with Gasteiger partial charge in [-0.05, 0) is 42.7 Å². The van der Waals surface area contributed by atoms with Gasteiger partial charge in [0.1, 0.15) is 11.6 Å². The van der Waals surface area contributed by atoms with Crippen molar-refractivity contribution in [3.05, 3.63) is 59.4 Å². The molecular weight excluding hydrogens is 307 g/mol. The number of urea groups is 1. The number of rotatable bonds is 3. The van der Waals surface area contributed by atoms with Crippen LogP contribution < -0.4 is 10.1 Å². The molecule has 1 N–H and O–H groups in total. The lowest BCUT2D eigenvalue weighted by Crippen LogP contribution is -2.33. The van der Waals surface area contributed by atoms with Crippen molar-refractivity contribution >= 4 is 11.7 Å². The molecule has 126 valence electrons. The molecule has 4 nitrogen and oxygen atoms in total. The Balaban J connectivity index is 1.65. The van der Waals surface area contributed by atoms with E-state index in [2.05, 4.69) is 5.32 Å². The Morgan fingerprint density at radius 2 is 2.00 bits per heavy atom. The second-order valence-electron chi connectivity index (χ2n) is 6.07. The van der Waals surface area contributed by atoms with Gasteiger partial charge in [-0.25, -0.2) is 9.18 Å². The fourth-order valence-electron chi connectivity index (χ4n) is 3.07. The molecule has 0 saturated carbocycles. The van der Waals surface area contributed by atoms with Gasteiger partial charge in [0.15, 0.2) is 0 Å². The lowest BCUT2D eigenvalue weighted by molar-refractivity contribution is 0.222. The molecule has 1 aliphatic heterocycles. The van der Waals surface area contributed by atoms with Gasteiger partial charge in [0.2, 0.25) is 0 Å². The fourth-order valence-corrected chi connectivity index (χ4v) is 3.07. The molecule has 2 amide bonds. The predicted molar refractivity (Wildman–Crippen MR) is 92.1 cm³/mol. The Kier molecular flexibility index (Phi) is 4.69. The van der Waals surface area contributed by atoms with E-state index in [1.165, 1.54) is 11.6 Å². The van der Waals surface area contributed by atoms with Crippen molar-refractivity contribution < 1.29 is 13.9 Å². The molecule has 0 aromatic heterocycles. The largest absolute Gasteiger partial charge is 0.497 e. The number of hydrogen-bond acceptors (Lipinski definition) is 2. The van der Waals surface area contributed by atoms with Gasteiger partial charge < -0.3 is 15.0 Å². The van der Waals surface area contributed by atoms with Crippen molar-refractivity contribution in [2.75, 3.05) is 25.5 Å². The van der Waals surface area contributed by atoms with Crippen LogP contribution in [0.15, 0.2) is 42.5 Å². The average Bonchev–Trinajstić information content (AvgIpc) is 3.08. The number of carbonyl (C=O) groups is 1. The van der Waals surface area contributed by atoms with Crippen LogP contribution in [0.1, 0.15) is 23.5 Å². The minimum Gasteiger partial charge on any atom is -0.497 e. The molecule has 3 rings (SSSR count). The summed E-state index contributed by atoms with van der Waals surface area (Å²) in [5.41, 5.74) is 2.16. The maximum Gasteiger partial charge on any atom is 0.321 e. The zero-order valence-electron chi connectivity index (χ0n) is 13.9. The highest BCUT2D eigenvalue weighted by molar-refractivity contribution is 5.90. The van der Waals surface area contributed by atoms with Crippen molar-refractivity contribution in [2.24, 2.45) is 0 Å². The molecule has 24 heavy (non-hydrogen) atoms. The summed E-state index contributed by atoms with van der Waals surface area (Å²) in [6.07, 6.45) is 0.899. The third kappa shape index (κ3) is 3.35. The first kappa shape index (κ1) is 16.3. The maximum absolute atomic E-state index is 13.9. The fraction of sp³-hybridized carbons (Fsp3) is 0.316. The van der Waals surface area contributed by atoms with Gasteiger partial charge in [-0.2, -0.15) is 0 Å². The summed E-state index contributed by atoms with van der Waals surface area (Å²) in [4.78, 5) is 14.2. The highest BCUT2D eigenvalue weighted by Gasteiger charge is 2.28. The summed E-state index contributed by atoms with van der Waals surface area (Å²) in [7, 11) is 1.64. The molecular formula is C19H21FN2O2. The van der Waals surface area contributed by atoms with Gasteiger partial charge in [0.25, 0.3) is 0 Å². The number of nitrogens with zero attached hydrogens (tertiary/aromatic N) is 1. The van der Waals surface area contributed by atoms with E-state index in [9.17, 15) is 9.18 Å². The minimum atomic E-state index is -0.408. The molecule has 1 atom stereocenters. The van der Waals surface area contributed by atoms with E-state index in [1.54, 1.807) is 31.1 Å². The standard InChI is InChI=1S/C19H21FN2O2/c1-13-4-3-5-17(20)18(13)21-19(23)22-11-10-15(12-22)14-6-8-16(24-2)9-7-14/h3-9,15H,10-12H2,1-2H3,(H,21,23). The van der Waals surface area contributed by atoms with Crippen LogP contribution in [-0.4, -0.2) is 31.1 Å². The smallest absolute Gasteiger partial charge is 0.321 e. The topological polar surface area (TPSA) is 41.6 Å². The molecule has 1 heterocycles. The highest BCUT2D eigenvalue weighted by Crippen LogP contribution is 2.29. The van der Waals surface area contributed by atoms with Gasteiger partial charge in [0.05, 0.1) is 12.8 Å². The number of nitrogens with one attached hydrogen (secondary N) is 1. The summed E-state index contributed by atoms with van der Waals surface area (Å²) in [5, 5.41) is 2.70.